The summed E-state index contributed by atoms with van der Waals surface area (Å²) >= 11 is 0. The van der Waals surface area contributed by atoms with Crippen molar-refractivity contribution < 1.29 is 4.39 Å². The topological polar surface area (TPSA) is 41.1 Å². The summed E-state index contributed by atoms with van der Waals surface area (Å²) in [6, 6.07) is 6.74. The second-order valence-electron chi connectivity index (χ2n) is 4.32. The molecule has 1 N–H and O–H groups in total. The van der Waals surface area contributed by atoms with Crippen molar-refractivity contribution >= 4 is 17.3 Å². The zero-order valence-corrected chi connectivity index (χ0v) is 12.0. The third-order valence-corrected chi connectivity index (χ3v) is 3.23. The van der Waals surface area contributed by atoms with Crippen molar-refractivity contribution in [3.63, 3.8) is 0 Å². The average molecular weight is 274 g/mol. The van der Waals surface area contributed by atoms with E-state index in [1.54, 1.807) is 12.1 Å². The van der Waals surface area contributed by atoms with Gasteiger partial charge in [0.1, 0.15) is 23.8 Å². The number of rotatable bonds is 5. The third-order valence-electron chi connectivity index (χ3n) is 3.23. The van der Waals surface area contributed by atoms with Crippen LogP contribution in [-0.4, -0.2) is 23.6 Å². The van der Waals surface area contributed by atoms with E-state index in [2.05, 4.69) is 15.3 Å². The lowest BCUT2D eigenvalue weighted by molar-refractivity contribution is 0.625. The van der Waals surface area contributed by atoms with Crippen LogP contribution in [0.4, 0.5) is 21.7 Å². The Labute approximate surface area is 118 Å². The second-order valence-corrected chi connectivity index (χ2v) is 4.32. The maximum Gasteiger partial charge on any atom is 0.146 e. The Hall–Kier alpha value is -2.17. The first-order chi connectivity index (χ1) is 9.72. The highest BCUT2D eigenvalue weighted by Crippen LogP contribution is 2.31. The zero-order valence-electron chi connectivity index (χ0n) is 12.0. The van der Waals surface area contributed by atoms with E-state index >= 15 is 0 Å². The Kier molecular flexibility index (Phi) is 4.50. The number of nitrogens with zero attached hydrogens (tertiary/aromatic N) is 3. The number of hydrogen-bond donors (Lipinski definition) is 1. The van der Waals surface area contributed by atoms with E-state index < -0.39 is 0 Å². The van der Waals surface area contributed by atoms with Crippen LogP contribution >= 0.6 is 0 Å². The number of hydrogen-bond acceptors (Lipinski definition) is 4. The molecule has 0 aliphatic carbocycles. The molecular formula is C15H19FN4. The van der Waals surface area contributed by atoms with Gasteiger partial charge in [-0.15, -0.1) is 0 Å². The van der Waals surface area contributed by atoms with Crippen LogP contribution in [0.5, 0.6) is 0 Å². The normalized spacial score (nSPS) is 10.4. The summed E-state index contributed by atoms with van der Waals surface area (Å²) in [4.78, 5) is 10.4. The van der Waals surface area contributed by atoms with Crippen LogP contribution in [0.1, 0.15) is 19.4 Å². The van der Waals surface area contributed by atoms with Gasteiger partial charge in [0, 0.05) is 19.2 Å². The molecule has 0 radical (unpaired) electrons. The van der Waals surface area contributed by atoms with Crippen LogP contribution in [0.15, 0.2) is 30.6 Å². The minimum atomic E-state index is -0.249. The molecular weight excluding hydrogens is 255 g/mol. The van der Waals surface area contributed by atoms with E-state index in [0.717, 1.165) is 23.6 Å². The summed E-state index contributed by atoms with van der Waals surface area (Å²) < 4.78 is 14.0. The first-order valence-electron chi connectivity index (χ1n) is 6.76. The molecule has 0 atom stereocenters. The van der Waals surface area contributed by atoms with Gasteiger partial charge in [0.15, 0.2) is 0 Å². The first kappa shape index (κ1) is 14.2. The van der Waals surface area contributed by atoms with Gasteiger partial charge in [-0.1, -0.05) is 19.1 Å². The number of para-hydroxylation sites is 1. The summed E-state index contributed by atoms with van der Waals surface area (Å²) in [7, 11) is 1.82. The molecule has 1 heterocycles. The summed E-state index contributed by atoms with van der Waals surface area (Å²) in [5, 5.41) is 3.06. The van der Waals surface area contributed by atoms with Gasteiger partial charge in [-0.3, -0.25) is 0 Å². The fourth-order valence-corrected chi connectivity index (χ4v) is 2.28. The van der Waals surface area contributed by atoms with E-state index in [4.69, 9.17) is 0 Å². The van der Waals surface area contributed by atoms with E-state index in [-0.39, 0.29) is 5.82 Å². The molecule has 0 saturated carbocycles. The molecule has 1 aromatic carbocycles. The number of benzene rings is 1. The van der Waals surface area contributed by atoms with Crippen molar-refractivity contribution in [2.24, 2.45) is 0 Å². The fourth-order valence-electron chi connectivity index (χ4n) is 2.28. The SMILES string of the molecule is CCc1c(NC)ncnc1N(CC)c1ccccc1F. The smallest absolute Gasteiger partial charge is 0.146 e. The minimum absolute atomic E-state index is 0.249. The predicted octanol–water partition coefficient (Wildman–Crippen LogP) is 3.38. The Balaban J connectivity index is 2.55. The van der Waals surface area contributed by atoms with Crippen molar-refractivity contribution in [3.8, 4) is 0 Å². The molecule has 0 aliphatic heterocycles. The number of aromatic nitrogens is 2. The van der Waals surface area contributed by atoms with E-state index in [1.165, 1.54) is 12.4 Å². The van der Waals surface area contributed by atoms with Gasteiger partial charge in [0.2, 0.25) is 0 Å². The fraction of sp³-hybridized carbons (Fsp3) is 0.333. The lowest BCUT2D eigenvalue weighted by atomic mass is 10.2. The number of halogens is 1. The van der Waals surface area contributed by atoms with Crippen molar-refractivity contribution in [1.82, 2.24) is 9.97 Å². The van der Waals surface area contributed by atoms with Gasteiger partial charge in [0.25, 0.3) is 0 Å². The van der Waals surface area contributed by atoms with Gasteiger partial charge < -0.3 is 10.2 Å². The van der Waals surface area contributed by atoms with Crippen molar-refractivity contribution in [1.29, 1.82) is 0 Å². The molecule has 1 aromatic heterocycles. The lowest BCUT2D eigenvalue weighted by Crippen LogP contribution is -2.21. The molecule has 2 rings (SSSR count). The van der Waals surface area contributed by atoms with E-state index in [9.17, 15) is 4.39 Å². The zero-order chi connectivity index (χ0) is 14.5. The molecule has 0 spiro atoms. The summed E-state index contributed by atoms with van der Waals surface area (Å²) in [5.41, 5.74) is 1.52. The molecule has 0 bridgehead atoms. The molecule has 0 saturated heterocycles. The van der Waals surface area contributed by atoms with Gasteiger partial charge in [0.05, 0.1) is 5.69 Å². The molecule has 4 nitrogen and oxygen atoms in total. The predicted molar refractivity (Wildman–Crippen MR) is 80.0 cm³/mol. The van der Waals surface area contributed by atoms with Crippen LogP contribution in [0.2, 0.25) is 0 Å². The minimum Gasteiger partial charge on any atom is -0.373 e. The van der Waals surface area contributed by atoms with Crippen LogP contribution in [-0.2, 0) is 6.42 Å². The third kappa shape index (κ3) is 2.57. The Bertz CT molecular complexity index is 586. The van der Waals surface area contributed by atoms with Crippen LogP contribution in [0.3, 0.4) is 0 Å². The van der Waals surface area contributed by atoms with Crippen molar-refractivity contribution in [2.75, 3.05) is 23.8 Å². The van der Waals surface area contributed by atoms with Crippen LogP contribution in [0.25, 0.3) is 0 Å². The van der Waals surface area contributed by atoms with E-state index in [0.29, 0.717) is 12.2 Å². The highest BCUT2D eigenvalue weighted by molar-refractivity contribution is 5.67. The summed E-state index contributed by atoms with van der Waals surface area (Å²) in [6.45, 7) is 4.65. The lowest BCUT2D eigenvalue weighted by Gasteiger charge is -2.25. The monoisotopic (exact) mass is 274 g/mol. The second kappa shape index (κ2) is 6.32. The standard InChI is InChI=1S/C15H19FN4/c1-4-11-14(17-3)18-10-19-15(11)20(5-2)13-9-7-6-8-12(13)16/h6-10H,4-5H2,1-3H3,(H,17,18,19). The maximum absolute atomic E-state index is 14.0. The van der Waals surface area contributed by atoms with Gasteiger partial charge >= 0.3 is 0 Å². The Morgan fingerprint density at radius 1 is 1.20 bits per heavy atom. The van der Waals surface area contributed by atoms with Crippen LogP contribution < -0.4 is 10.2 Å². The Morgan fingerprint density at radius 3 is 2.55 bits per heavy atom. The summed E-state index contributed by atoms with van der Waals surface area (Å²) in [6.07, 6.45) is 2.28. The molecule has 0 aliphatic rings. The molecule has 0 amide bonds. The molecule has 2 aromatic rings. The average Bonchev–Trinajstić information content (AvgIpc) is 2.49. The Morgan fingerprint density at radius 2 is 1.95 bits per heavy atom. The van der Waals surface area contributed by atoms with Gasteiger partial charge in [-0.2, -0.15) is 0 Å². The van der Waals surface area contributed by atoms with Crippen LogP contribution in [0, 0.1) is 5.82 Å². The number of anilines is 3. The van der Waals surface area contributed by atoms with Gasteiger partial charge in [-0.25, -0.2) is 14.4 Å². The molecule has 106 valence electrons. The molecule has 0 unspecified atom stereocenters. The van der Waals surface area contributed by atoms with Crippen molar-refractivity contribution in [3.05, 3.63) is 42.0 Å². The molecule has 5 heteroatoms. The maximum atomic E-state index is 14.0. The highest BCUT2D eigenvalue weighted by Gasteiger charge is 2.18. The van der Waals surface area contributed by atoms with Gasteiger partial charge in [-0.05, 0) is 25.5 Å². The largest absolute Gasteiger partial charge is 0.373 e. The molecule has 20 heavy (non-hydrogen) atoms. The molecule has 0 fully saturated rings. The summed E-state index contributed by atoms with van der Waals surface area (Å²) in [5.74, 6) is 1.28. The quantitative estimate of drug-likeness (QED) is 0.907. The number of nitrogens with one attached hydrogen (secondary N) is 1. The first-order valence-corrected chi connectivity index (χ1v) is 6.76. The highest BCUT2D eigenvalue weighted by atomic mass is 19.1. The van der Waals surface area contributed by atoms with E-state index in [1.807, 2.05) is 31.9 Å². The van der Waals surface area contributed by atoms with Crippen molar-refractivity contribution in [2.45, 2.75) is 20.3 Å².